The normalized spacial score (nSPS) is 24.7. The number of hydrogen-bond donors (Lipinski definition) is 1. The van der Waals surface area contributed by atoms with Crippen LogP contribution in [0, 0.1) is 0 Å². The molecule has 1 unspecified atom stereocenters. The zero-order chi connectivity index (χ0) is 20.1. The van der Waals surface area contributed by atoms with Crippen molar-refractivity contribution < 1.29 is 9.59 Å². The Kier molecular flexibility index (Phi) is 7.15. The van der Waals surface area contributed by atoms with E-state index in [-0.39, 0.29) is 24.4 Å². The summed E-state index contributed by atoms with van der Waals surface area (Å²) in [5.41, 5.74) is 0. The van der Waals surface area contributed by atoms with E-state index in [4.69, 9.17) is 0 Å². The van der Waals surface area contributed by atoms with Crippen LogP contribution in [0.2, 0.25) is 0 Å². The molecule has 0 spiro atoms. The summed E-state index contributed by atoms with van der Waals surface area (Å²) in [4.78, 5) is 37.4. The van der Waals surface area contributed by atoms with E-state index in [0.717, 1.165) is 64.4 Å². The summed E-state index contributed by atoms with van der Waals surface area (Å²) < 4.78 is 0. The van der Waals surface area contributed by atoms with Crippen molar-refractivity contribution in [3.63, 3.8) is 0 Å². The predicted molar refractivity (Wildman–Crippen MR) is 110 cm³/mol. The lowest BCUT2D eigenvalue weighted by Crippen LogP contribution is -2.57. The van der Waals surface area contributed by atoms with E-state index in [2.05, 4.69) is 20.1 Å². The monoisotopic (exact) mass is 392 g/mol. The quantitative estimate of drug-likeness (QED) is 0.547. The number of nitrogens with zero attached hydrogens (tertiary/aromatic N) is 5. The molecule has 0 radical (unpaired) electrons. The number of likely N-dealkylation sites (N-methyl/N-ethyl adjacent to an activating group) is 2. The zero-order valence-electron chi connectivity index (χ0n) is 17.7. The van der Waals surface area contributed by atoms with Gasteiger partial charge in [0.1, 0.15) is 6.54 Å². The van der Waals surface area contributed by atoms with Gasteiger partial charge in [0.25, 0.3) is 0 Å². The molecule has 2 heterocycles. The minimum atomic E-state index is 0.00352. The van der Waals surface area contributed by atoms with Crippen LogP contribution >= 0.6 is 0 Å². The van der Waals surface area contributed by atoms with Crippen molar-refractivity contribution in [2.24, 2.45) is 4.99 Å². The summed E-state index contributed by atoms with van der Waals surface area (Å²) in [6.07, 6.45) is 6.89. The summed E-state index contributed by atoms with van der Waals surface area (Å²) >= 11 is 0. The topological polar surface area (TPSA) is 71.5 Å². The first kappa shape index (κ1) is 20.9. The van der Waals surface area contributed by atoms with Crippen molar-refractivity contribution in [1.82, 2.24) is 24.9 Å². The Labute approximate surface area is 168 Å². The summed E-state index contributed by atoms with van der Waals surface area (Å²) in [5.74, 6) is 1.10. The van der Waals surface area contributed by atoms with Crippen molar-refractivity contribution >= 4 is 17.8 Å². The van der Waals surface area contributed by atoms with E-state index >= 15 is 0 Å². The third-order valence-corrected chi connectivity index (χ3v) is 6.25. The minimum Gasteiger partial charge on any atom is -0.353 e. The van der Waals surface area contributed by atoms with Gasteiger partial charge >= 0.3 is 0 Å². The Hall–Kier alpha value is -1.83. The van der Waals surface area contributed by atoms with Gasteiger partial charge in [-0.25, -0.2) is 4.99 Å². The first-order valence-corrected chi connectivity index (χ1v) is 10.7. The maximum Gasteiger partial charge on any atom is 0.243 e. The average Bonchev–Trinajstić information content (AvgIpc) is 3.36. The van der Waals surface area contributed by atoms with Gasteiger partial charge in [-0.05, 0) is 39.3 Å². The summed E-state index contributed by atoms with van der Waals surface area (Å²) in [6.45, 7) is 4.13. The lowest BCUT2D eigenvalue weighted by Gasteiger charge is -2.38. The molecule has 0 bridgehead atoms. The molecule has 1 N–H and O–H groups in total. The highest BCUT2D eigenvalue weighted by Crippen LogP contribution is 2.20. The molecule has 1 atom stereocenters. The van der Waals surface area contributed by atoms with Crippen LogP contribution in [-0.4, -0.2) is 110 Å². The zero-order valence-corrected chi connectivity index (χ0v) is 17.7. The molecule has 2 saturated heterocycles. The fourth-order valence-corrected chi connectivity index (χ4v) is 4.35. The van der Waals surface area contributed by atoms with Crippen LogP contribution in [0.1, 0.15) is 38.5 Å². The van der Waals surface area contributed by atoms with E-state index in [1.807, 2.05) is 11.9 Å². The van der Waals surface area contributed by atoms with Crippen LogP contribution in [0.25, 0.3) is 0 Å². The number of guanidine groups is 1. The van der Waals surface area contributed by atoms with Gasteiger partial charge in [-0.3, -0.25) is 14.5 Å². The van der Waals surface area contributed by atoms with E-state index in [1.54, 1.807) is 19.0 Å². The van der Waals surface area contributed by atoms with Crippen LogP contribution in [0.3, 0.4) is 0 Å². The Morgan fingerprint density at radius 3 is 2.18 bits per heavy atom. The summed E-state index contributed by atoms with van der Waals surface area (Å²) in [7, 11) is 5.56. The van der Waals surface area contributed by atoms with Gasteiger partial charge in [0.05, 0.1) is 6.04 Å². The molecule has 2 aliphatic heterocycles. The number of piperazine rings is 1. The lowest BCUT2D eigenvalue weighted by molar-refractivity contribution is -0.136. The van der Waals surface area contributed by atoms with Crippen molar-refractivity contribution in [2.75, 3.05) is 60.4 Å². The minimum absolute atomic E-state index is 0.00352. The molecule has 8 nitrogen and oxygen atoms in total. The Morgan fingerprint density at radius 1 is 0.964 bits per heavy atom. The van der Waals surface area contributed by atoms with Gasteiger partial charge in [0, 0.05) is 46.3 Å². The third kappa shape index (κ3) is 5.16. The summed E-state index contributed by atoms with van der Waals surface area (Å²) in [5, 5.41) is 3.58. The van der Waals surface area contributed by atoms with Crippen molar-refractivity contribution in [3.8, 4) is 0 Å². The average molecular weight is 393 g/mol. The molecule has 0 aromatic carbocycles. The van der Waals surface area contributed by atoms with Gasteiger partial charge < -0.3 is 20.0 Å². The second-order valence-electron chi connectivity index (χ2n) is 8.50. The molecule has 8 heteroatoms. The molecule has 3 aliphatic rings. The molecule has 158 valence electrons. The number of amides is 2. The van der Waals surface area contributed by atoms with Gasteiger partial charge in [-0.15, -0.1) is 0 Å². The highest BCUT2D eigenvalue weighted by Gasteiger charge is 2.33. The van der Waals surface area contributed by atoms with Crippen LogP contribution < -0.4 is 5.32 Å². The second-order valence-corrected chi connectivity index (χ2v) is 8.50. The molecule has 2 amide bonds. The number of rotatable bonds is 4. The molecular weight excluding hydrogens is 356 g/mol. The van der Waals surface area contributed by atoms with Crippen LogP contribution in [0.4, 0.5) is 0 Å². The number of likely N-dealkylation sites (tertiary alicyclic amines) is 1. The molecule has 3 fully saturated rings. The van der Waals surface area contributed by atoms with E-state index in [0.29, 0.717) is 6.04 Å². The van der Waals surface area contributed by atoms with Crippen molar-refractivity contribution in [2.45, 2.75) is 50.6 Å². The molecule has 28 heavy (non-hydrogen) atoms. The highest BCUT2D eigenvalue weighted by atomic mass is 16.2. The number of nitrogens with one attached hydrogen (secondary N) is 1. The smallest absolute Gasteiger partial charge is 0.243 e. The van der Waals surface area contributed by atoms with E-state index in [9.17, 15) is 9.59 Å². The molecule has 0 aromatic rings. The maximum absolute atomic E-state index is 12.8. The van der Waals surface area contributed by atoms with Crippen LogP contribution in [-0.2, 0) is 9.59 Å². The standard InChI is InChI=1S/C20H36N6O2/c1-23(2)18(27)15-21-20(22-16-7-4-5-8-16)26-13-11-25(12-14-26)19(28)17-9-6-10-24(17)3/h16-17H,4-15H2,1-3H3,(H,21,22). The number of carbonyl (C=O) groups is 2. The SMILES string of the molecule is CN(C)C(=O)CN=C(NC1CCCC1)N1CCN(C(=O)C2CCCN2C)CC1. The highest BCUT2D eigenvalue weighted by molar-refractivity contribution is 5.86. The first-order valence-electron chi connectivity index (χ1n) is 10.7. The van der Waals surface area contributed by atoms with Crippen molar-refractivity contribution in [3.05, 3.63) is 0 Å². The Bertz CT molecular complexity index is 579. The molecule has 1 saturated carbocycles. The van der Waals surface area contributed by atoms with Gasteiger partial charge in [0.2, 0.25) is 11.8 Å². The lowest BCUT2D eigenvalue weighted by atomic mass is 10.1. The maximum atomic E-state index is 12.8. The first-order chi connectivity index (χ1) is 13.5. The molecule has 1 aliphatic carbocycles. The van der Waals surface area contributed by atoms with E-state index in [1.165, 1.54) is 12.8 Å². The van der Waals surface area contributed by atoms with Crippen molar-refractivity contribution in [1.29, 1.82) is 0 Å². The number of aliphatic imine (C=N–C) groups is 1. The van der Waals surface area contributed by atoms with Gasteiger partial charge in [-0.2, -0.15) is 0 Å². The largest absolute Gasteiger partial charge is 0.353 e. The van der Waals surface area contributed by atoms with Crippen LogP contribution in [0.5, 0.6) is 0 Å². The second kappa shape index (κ2) is 9.58. The van der Waals surface area contributed by atoms with E-state index < -0.39 is 0 Å². The summed E-state index contributed by atoms with van der Waals surface area (Å²) in [6, 6.07) is 0.494. The van der Waals surface area contributed by atoms with Crippen LogP contribution in [0.15, 0.2) is 4.99 Å². The van der Waals surface area contributed by atoms with Gasteiger partial charge in [-0.1, -0.05) is 12.8 Å². The van der Waals surface area contributed by atoms with Gasteiger partial charge in [0.15, 0.2) is 5.96 Å². The Morgan fingerprint density at radius 2 is 1.61 bits per heavy atom. The molecular formula is C20H36N6O2. The fraction of sp³-hybridized carbons (Fsp3) is 0.850. The Balaban J connectivity index is 1.58. The number of hydrogen-bond acceptors (Lipinski definition) is 4. The molecule has 3 rings (SSSR count). The fourth-order valence-electron chi connectivity index (χ4n) is 4.35. The molecule has 0 aromatic heterocycles. The predicted octanol–water partition coefficient (Wildman–Crippen LogP) is 0.201. The number of carbonyl (C=O) groups excluding carboxylic acids is 2. The third-order valence-electron chi connectivity index (χ3n) is 6.25.